The Morgan fingerprint density at radius 3 is 2.74 bits per heavy atom. The minimum absolute atomic E-state index is 0.381. The van der Waals surface area contributed by atoms with Crippen molar-refractivity contribution in [3.05, 3.63) is 53.6 Å². The van der Waals surface area contributed by atoms with Gasteiger partial charge in [-0.25, -0.2) is 0 Å². The van der Waals surface area contributed by atoms with Crippen LogP contribution in [0.25, 0.3) is 0 Å². The van der Waals surface area contributed by atoms with Crippen LogP contribution in [-0.2, 0) is 4.79 Å². The Labute approximate surface area is 135 Å². The molecule has 0 aromatic heterocycles. The minimum atomic E-state index is -0.381. The van der Waals surface area contributed by atoms with Gasteiger partial charge in [0, 0.05) is 6.92 Å². The quantitative estimate of drug-likeness (QED) is 0.382. The number of benzene rings is 2. The second-order valence-corrected chi connectivity index (χ2v) is 4.97. The Morgan fingerprint density at radius 1 is 1.22 bits per heavy atom. The summed E-state index contributed by atoms with van der Waals surface area (Å²) in [5.74, 6) is 0.541. The van der Waals surface area contributed by atoms with Crippen LogP contribution in [0.2, 0.25) is 0 Å². The summed E-state index contributed by atoms with van der Waals surface area (Å²) >= 11 is 0. The molecule has 120 valence electrons. The first kappa shape index (κ1) is 16.5. The molecule has 0 fully saturated rings. The molecule has 2 aromatic rings. The molecule has 0 amide bonds. The average Bonchev–Trinajstić information content (AvgIpc) is 2.50. The van der Waals surface area contributed by atoms with Crippen LogP contribution < -0.4 is 14.9 Å². The smallest absolute Gasteiger partial charge is 0.308 e. The molecule has 0 bridgehead atoms. The van der Waals surface area contributed by atoms with E-state index in [4.69, 9.17) is 9.47 Å². The van der Waals surface area contributed by atoms with Crippen molar-refractivity contribution in [1.29, 1.82) is 0 Å². The average molecular weight is 312 g/mol. The van der Waals surface area contributed by atoms with Crippen LogP contribution in [0.15, 0.2) is 47.6 Å². The maximum Gasteiger partial charge on any atom is 0.308 e. The van der Waals surface area contributed by atoms with Crippen LogP contribution in [-0.4, -0.2) is 18.8 Å². The standard InChI is InChI=1S/C18H20N2O3/c1-4-22-18-11-15(8-9-17(18)23-14(3)21)12-19-20-16-7-5-6-13(2)10-16/h5-12,20H,4H2,1-3H3/b19-12+. The molecule has 0 saturated heterocycles. The Morgan fingerprint density at radius 2 is 2.04 bits per heavy atom. The van der Waals surface area contributed by atoms with E-state index in [0.717, 1.165) is 16.8 Å². The lowest BCUT2D eigenvalue weighted by atomic mass is 10.2. The molecule has 1 N–H and O–H groups in total. The monoisotopic (exact) mass is 312 g/mol. The zero-order valence-electron chi connectivity index (χ0n) is 13.5. The van der Waals surface area contributed by atoms with Gasteiger partial charge in [-0.05, 0) is 55.3 Å². The van der Waals surface area contributed by atoms with E-state index in [1.165, 1.54) is 6.92 Å². The topological polar surface area (TPSA) is 59.9 Å². The molecule has 0 radical (unpaired) electrons. The molecule has 0 aliphatic rings. The molecule has 0 aliphatic carbocycles. The summed E-state index contributed by atoms with van der Waals surface area (Å²) in [5.41, 5.74) is 5.89. The Bertz CT molecular complexity index is 711. The third kappa shape index (κ3) is 5.14. The predicted octanol–water partition coefficient (Wildman–Crippen LogP) is 3.77. The molecule has 0 atom stereocenters. The summed E-state index contributed by atoms with van der Waals surface area (Å²) < 4.78 is 10.6. The van der Waals surface area contributed by atoms with E-state index >= 15 is 0 Å². The van der Waals surface area contributed by atoms with Crippen LogP contribution in [0, 0.1) is 6.92 Å². The third-order valence-corrected chi connectivity index (χ3v) is 2.95. The highest BCUT2D eigenvalue weighted by Gasteiger charge is 2.08. The fourth-order valence-electron chi connectivity index (χ4n) is 2.01. The molecule has 5 heteroatoms. The van der Waals surface area contributed by atoms with Crippen LogP contribution in [0.1, 0.15) is 25.0 Å². The number of esters is 1. The molecule has 5 nitrogen and oxygen atoms in total. The molecular weight excluding hydrogens is 292 g/mol. The molecule has 0 heterocycles. The van der Waals surface area contributed by atoms with Crippen molar-refractivity contribution in [2.45, 2.75) is 20.8 Å². The maximum atomic E-state index is 11.1. The SMILES string of the molecule is CCOc1cc(/C=N/Nc2cccc(C)c2)ccc1OC(C)=O. The van der Waals surface area contributed by atoms with Gasteiger partial charge in [-0.15, -0.1) is 0 Å². The number of hydrogen-bond donors (Lipinski definition) is 1. The molecule has 2 aromatic carbocycles. The summed E-state index contributed by atoms with van der Waals surface area (Å²) in [6.07, 6.45) is 1.68. The highest BCUT2D eigenvalue weighted by atomic mass is 16.6. The molecule has 2 rings (SSSR count). The largest absolute Gasteiger partial charge is 0.490 e. The van der Waals surface area contributed by atoms with E-state index < -0.39 is 0 Å². The number of nitrogens with one attached hydrogen (secondary N) is 1. The second-order valence-electron chi connectivity index (χ2n) is 4.97. The summed E-state index contributed by atoms with van der Waals surface area (Å²) in [5, 5.41) is 4.21. The maximum absolute atomic E-state index is 11.1. The number of aryl methyl sites for hydroxylation is 1. The zero-order chi connectivity index (χ0) is 16.7. The summed E-state index contributed by atoms with van der Waals surface area (Å²) in [7, 11) is 0. The molecule has 23 heavy (non-hydrogen) atoms. The predicted molar refractivity (Wildman–Crippen MR) is 91.3 cm³/mol. The number of carbonyl (C=O) groups excluding carboxylic acids is 1. The highest BCUT2D eigenvalue weighted by Crippen LogP contribution is 2.28. The van der Waals surface area contributed by atoms with Gasteiger partial charge in [0.2, 0.25) is 0 Å². The first-order valence-electron chi connectivity index (χ1n) is 7.39. The first-order valence-corrected chi connectivity index (χ1v) is 7.39. The van der Waals surface area contributed by atoms with E-state index in [1.54, 1.807) is 18.3 Å². The van der Waals surface area contributed by atoms with Crippen LogP contribution in [0.4, 0.5) is 5.69 Å². The van der Waals surface area contributed by atoms with Crippen molar-refractivity contribution in [3.8, 4) is 11.5 Å². The van der Waals surface area contributed by atoms with Gasteiger partial charge in [-0.2, -0.15) is 5.10 Å². The van der Waals surface area contributed by atoms with Gasteiger partial charge in [0.1, 0.15) is 0 Å². The third-order valence-electron chi connectivity index (χ3n) is 2.95. The number of rotatable bonds is 6. The number of hydrazone groups is 1. The van der Waals surface area contributed by atoms with Gasteiger partial charge in [0.15, 0.2) is 11.5 Å². The minimum Gasteiger partial charge on any atom is -0.490 e. The molecular formula is C18H20N2O3. The summed E-state index contributed by atoms with van der Waals surface area (Å²) in [6, 6.07) is 13.2. The van der Waals surface area contributed by atoms with Crippen molar-refractivity contribution in [3.63, 3.8) is 0 Å². The summed E-state index contributed by atoms with van der Waals surface area (Å²) in [6.45, 7) is 5.74. The second kappa shape index (κ2) is 7.98. The molecule has 0 spiro atoms. The van der Waals surface area contributed by atoms with Crippen molar-refractivity contribution < 1.29 is 14.3 Å². The van der Waals surface area contributed by atoms with Gasteiger partial charge >= 0.3 is 5.97 Å². The number of ether oxygens (including phenoxy) is 2. The van der Waals surface area contributed by atoms with Gasteiger partial charge < -0.3 is 9.47 Å². The Hall–Kier alpha value is -2.82. The Balaban J connectivity index is 2.11. The normalized spacial score (nSPS) is 10.6. The van der Waals surface area contributed by atoms with Crippen LogP contribution in [0.3, 0.4) is 0 Å². The number of hydrogen-bond acceptors (Lipinski definition) is 5. The van der Waals surface area contributed by atoms with Crippen LogP contribution in [0.5, 0.6) is 11.5 Å². The fraction of sp³-hybridized carbons (Fsp3) is 0.222. The highest BCUT2D eigenvalue weighted by molar-refractivity contribution is 5.82. The van der Waals surface area contributed by atoms with Gasteiger partial charge in [0.25, 0.3) is 0 Å². The lowest BCUT2D eigenvalue weighted by Gasteiger charge is -2.10. The van der Waals surface area contributed by atoms with Crippen molar-refractivity contribution in [2.24, 2.45) is 5.10 Å². The van der Waals surface area contributed by atoms with Gasteiger partial charge in [-0.1, -0.05) is 12.1 Å². The van der Waals surface area contributed by atoms with E-state index in [1.807, 2.05) is 44.2 Å². The molecule has 0 unspecified atom stereocenters. The number of nitrogens with zero attached hydrogens (tertiary/aromatic N) is 1. The molecule has 0 saturated carbocycles. The van der Waals surface area contributed by atoms with E-state index in [-0.39, 0.29) is 5.97 Å². The van der Waals surface area contributed by atoms with Crippen molar-refractivity contribution >= 4 is 17.9 Å². The lowest BCUT2D eigenvalue weighted by molar-refractivity contribution is -0.132. The van der Waals surface area contributed by atoms with E-state index in [9.17, 15) is 4.79 Å². The number of carbonyl (C=O) groups is 1. The zero-order valence-corrected chi connectivity index (χ0v) is 13.5. The van der Waals surface area contributed by atoms with E-state index in [2.05, 4.69) is 10.5 Å². The van der Waals surface area contributed by atoms with Crippen molar-refractivity contribution in [2.75, 3.05) is 12.0 Å². The summed E-state index contributed by atoms with van der Waals surface area (Å²) in [4.78, 5) is 11.1. The number of anilines is 1. The first-order chi connectivity index (χ1) is 11.1. The van der Waals surface area contributed by atoms with Crippen molar-refractivity contribution in [1.82, 2.24) is 0 Å². The van der Waals surface area contributed by atoms with Crippen LogP contribution >= 0.6 is 0 Å². The molecule has 0 aliphatic heterocycles. The van der Waals surface area contributed by atoms with Gasteiger partial charge in [-0.3, -0.25) is 10.2 Å². The van der Waals surface area contributed by atoms with E-state index in [0.29, 0.717) is 18.1 Å². The Kier molecular flexibility index (Phi) is 5.74. The van der Waals surface area contributed by atoms with Gasteiger partial charge in [0.05, 0.1) is 18.5 Å². The lowest BCUT2D eigenvalue weighted by Crippen LogP contribution is -2.04. The fourth-order valence-corrected chi connectivity index (χ4v) is 2.01.